The molecule has 120 valence electrons. The van der Waals surface area contributed by atoms with Crippen molar-refractivity contribution < 1.29 is 14.4 Å². The molecule has 1 aliphatic rings. The minimum atomic E-state index is -0.392. The molecular formula is C17H25BO3S. The van der Waals surface area contributed by atoms with Crippen LogP contribution in [0.5, 0.6) is 5.75 Å². The molecule has 1 heterocycles. The van der Waals surface area contributed by atoms with Gasteiger partial charge < -0.3 is 14.4 Å². The van der Waals surface area contributed by atoms with E-state index in [-0.39, 0.29) is 11.2 Å². The lowest BCUT2D eigenvalue weighted by Crippen LogP contribution is -2.41. The Morgan fingerprint density at radius 2 is 1.59 bits per heavy atom. The molecule has 0 atom stereocenters. The van der Waals surface area contributed by atoms with Gasteiger partial charge in [0, 0.05) is 5.75 Å². The standard InChI is InChI=1S/C17H25BO3S/c1-11-7-13(8-12(2)15(11)19)9-14(10-22)18-20-16(3,4)17(5,6)21-18/h7-9,19,22H,10H2,1-6H3. The van der Waals surface area contributed by atoms with Crippen molar-refractivity contribution in [3.05, 3.63) is 34.3 Å². The summed E-state index contributed by atoms with van der Waals surface area (Å²) in [5, 5.41) is 9.89. The highest BCUT2D eigenvalue weighted by molar-refractivity contribution is 7.80. The zero-order chi connectivity index (χ0) is 16.7. The number of phenolic OH excluding ortho intramolecular Hbond substituents is 1. The lowest BCUT2D eigenvalue weighted by molar-refractivity contribution is 0.00578. The van der Waals surface area contributed by atoms with E-state index in [0.717, 1.165) is 22.2 Å². The summed E-state index contributed by atoms with van der Waals surface area (Å²) in [7, 11) is -0.392. The fraction of sp³-hybridized carbons (Fsp3) is 0.529. The van der Waals surface area contributed by atoms with Gasteiger partial charge in [-0.05, 0) is 75.8 Å². The van der Waals surface area contributed by atoms with Gasteiger partial charge in [-0.3, -0.25) is 0 Å². The van der Waals surface area contributed by atoms with Gasteiger partial charge in [0.05, 0.1) is 11.2 Å². The molecule has 3 nitrogen and oxygen atoms in total. The van der Waals surface area contributed by atoms with Gasteiger partial charge in [-0.25, -0.2) is 0 Å². The molecule has 1 saturated heterocycles. The number of aromatic hydroxyl groups is 1. The predicted octanol–water partition coefficient (Wildman–Crippen LogP) is 3.95. The fourth-order valence-electron chi connectivity index (χ4n) is 2.47. The first-order valence-corrected chi connectivity index (χ1v) is 8.18. The van der Waals surface area contributed by atoms with Gasteiger partial charge in [-0.2, -0.15) is 12.6 Å². The largest absolute Gasteiger partial charge is 0.507 e. The third-order valence-corrected chi connectivity index (χ3v) is 4.97. The summed E-state index contributed by atoms with van der Waals surface area (Å²) in [6.07, 6.45) is 2.04. The first-order chi connectivity index (χ1) is 10.1. The van der Waals surface area contributed by atoms with Gasteiger partial charge >= 0.3 is 7.12 Å². The third-order valence-electron chi connectivity index (χ3n) is 4.60. The molecule has 0 amide bonds. The van der Waals surface area contributed by atoms with Gasteiger partial charge in [-0.1, -0.05) is 6.08 Å². The minimum absolute atomic E-state index is 0.347. The Labute approximate surface area is 139 Å². The second kappa shape index (κ2) is 5.95. The van der Waals surface area contributed by atoms with Crippen LogP contribution < -0.4 is 0 Å². The van der Waals surface area contributed by atoms with Crippen molar-refractivity contribution in [2.75, 3.05) is 5.75 Å². The molecule has 1 aliphatic heterocycles. The van der Waals surface area contributed by atoms with E-state index in [9.17, 15) is 5.11 Å². The van der Waals surface area contributed by atoms with E-state index >= 15 is 0 Å². The highest BCUT2D eigenvalue weighted by Crippen LogP contribution is 2.39. The number of phenols is 1. The van der Waals surface area contributed by atoms with E-state index in [1.807, 2.05) is 59.8 Å². The normalized spacial score (nSPS) is 20.5. The smallest absolute Gasteiger partial charge is 0.491 e. The minimum Gasteiger partial charge on any atom is -0.507 e. The SMILES string of the molecule is Cc1cc(C=C(CS)B2OC(C)(C)C(C)(C)O2)cc(C)c1O. The lowest BCUT2D eigenvalue weighted by Gasteiger charge is -2.32. The first kappa shape index (κ1) is 17.4. The lowest BCUT2D eigenvalue weighted by atomic mass is 9.78. The van der Waals surface area contributed by atoms with Crippen molar-refractivity contribution in [3.8, 4) is 5.75 Å². The Bertz CT molecular complexity index is 569. The topological polar surface area (TPSA) is 38.7 Å². The van der Waals surface area contributed by atoms with Crippen LogP contribution in [0, 0.1) is 13.8 Å². The van der Waals surface area contributed by atoms with Gasteiger partial charge in [0.2, 0.25) is 0 Å². The molecule has 1 N–H and O–H groups in total. The van der Waals surface area contributed by atoms with Crippen LogP contribution in [0.4, 0.5) is 0 Å². The summed E-state index contributed by atoms with van der Waals surface area (Å²) in [4.78, 5) is 0. The molecule has 1 aromatic rings. The average molecular weight is 320 g/mol. The van der Waals surface area contributed by atoms with Crippen LogP contribution in [0.25, 0.3) is 6.08 Å². The number of hydrogen-bond donors (Lipinski definition) is 2. The zero-order valence-electron chi connectivity index (χ0n) is 14.2. The molecule has 0 saturated carbocycles. The molecule has 0 aliphatic carbocycles. The first-order valence-electron chi connectivity index (χ1n) is 7.54. The predicted molar refractivity (Wildman–Crippen MR) is 95.5 cm³/mol. The Morgan fingerprint density at radius 3 is 2.00 bits per heavy atom. The second-order valence-electron chi connectivity index (χ2n) is 6.97. The number of hydrogen-bond acceptors (Lipinski definition) is 4. The van der Waals surface area contributed by atoms with Gasteiger partial charge in [0.15, 0.2) is 0 Å². The van der Waals surface area contributed by atoms with E-state index in [2.05, 4.69) is 12.6 Å². The van der Waals surface area contributed by atoms with Crippen LogP contribution in [0.2, 0.25) is 0 Å². The van der Waals surface area contributed by atoms with Crippen molar-refractivity contribution in [1.82, 2.24) is 0 Å². The summed E-state index contributed by atoms with van der Waals surface area (Å²) in [5.74, 6) is 0.899. The Hall–Kier alpha value is -0.905. The molecule has 1 fully saturated rings. The molecule has 5 heteroatoms. The van der Waals surface area contributed by atoms with Gasteiger partial charge in [-0.15, -0.1) is 0 Å². The Morgan fingerprint density at radius 1 is 1.14 bits per heavy atom. The molecular weight excluding hydrogens is 295 g/mol. The molecule has 0 unspecified atom stereocenters. The van der Waals surface area contributed by atoms with Gasteiger partial charge in [0.1, 0.15) is 5.75 Å². The summed E-state index contributed by atoms with van der Waals surface area (Å²) in [6.45, 7) is 12.0. The summed E-state index contributed by atoms with van der Waals surface area (Å²) < 4.78 is 12.2. The van der Waals surface area contributed by atoms with Crippen LogP contribution >= 0.6 is 12.6 Å². The van der Waals surface area contributed by atoms with Crippen LogP contribution in [0.3, 0.4) is 0 Å². The van der Waals surface area contributed by atoms with Crippen LogP contribution in [-0.4, -0.2) is 29.2 Å². The van der Waals surface area contributed by atoms with Crippen molar-refractivity contribution >= 4 is 25.8 Å². The average Bonchev–Trinajstić information content (AvgIpc) is 2.61. The molecule has 22 heavy (non-hydrogen) atoms. The molecule has 0 radical (unpaired) electrons. The van der Waals surface area contributed by atoms with Crippen LogP contribution in [0.15, 0.2) is 17.6 Å². The highest BCUT2D eigenvalue weighted by atomic mass is 32.1. The maximum absolute atomic E-state index is 9.89. The van der Waals surface area contributed by atoms with Gasteiger partial charge in [0.25, 0.3) is 0 Å². The third kappa shape index (κ3) is 3.22. The van der Waals surface area contributed by atoms with Crippen molar-refractivity contribution in [3.63, 3.8) is 0 Å². The maximum Gasteiger partial charge on any atom is 0.491 e. The van der Waals surface area contributed by atoms with E-state index in [1.54, 1.807) is 0 Å². The zero-order valence-corrected chi connectivity index (χ0v) is 15.1. The Balaban J connectivity index is 2.34. The van der Waals surface area contributed by atoms with E-state index in [4.69, 9.17) is 9.31 Å². The van der Waals surface area contributed by atoms with E-state index < -0.39 is 7.12 Å². The summed E-state index contributed by atoms with van der Waals surface area (Å²) in [5.41, 5.74) is 3.00. The number of thiol groups is 1. The van der Waals surface area contributed by atoms with E-state index in [1.165, 1.54) is 0 Å². The summed E-state index contributed by atoms with van der Waals surface area (Å²) >= 11 is 4.43. The number of benzene rings is 1. The van der Waals surface area contributed by atoms with Crippen molar-refractivity contribution in [1.29, 1.82) is 0 Å². The highest BCUT2D eigenvalue weighted by Gasteiger charge is 2.52. The monoisotopic (exact) mass is 320 g/mol. The molecule has 0 spiro atoms. The van der Waals surface area contributed by atoms with Crippen LogP contribution in [0.1, 0.15) is 44.4 Å². The molecule has 0 bridgehead atoms. The Kier molecular flexibility index (Phi) is 4.72. The molecule has 0 aromatic heterocycles. The molecule has 2 rings (SSSR count). The second-order valence-corrected chi connectivity index (χ2v) is 7.29. The van der Waals surface area contributed by atoms with Crippen LogP contribution in [-0.2, 0) is 9.31 Å². The number of aryl methyl sites for hydroxylation is 2. The quantitative estimate of drug-likeness (QED) is 0.654. The summed E-state index contributed by atoms with van der Waals surface area (Å²) in [6, 6.07) is 3.91. The molecule has 1 aromatic carbocycles. The van der Waals surface area contributed by atoms with E-state index in [0.29, 0.717) is 11.5 Å². The fourth-order valence-corrected chi connectivity index (χ4v) is 2.71. The maximum atomic E-state index is 9.89. The number of rotatable bonds is 3. The van der Waals surface area contributed by atoms with Crippen molar-refractivity contribution in [2.45, 2.75) is 52.7 Å². The van der Waals surface area contributed by atoms with Crippen molar-refractivity contribution in [2.24, 2.45) is 0 Å².